The Labute approximate surface area is 80.0 Å². The predicted octanol–water partition coefficient (Wildman–Crippen LogP) is 3.02. The Morgan fingerprint density at radius 2 is 1.54 bits per heavy atom. The van der Waals surface area contributed by atoms with E-state index >= 15 is 0 Å². The van der Waals surface area contributed by atoms with E-state index in [2.05, 4.69) is 11.8 Å². The molecule has 13 heavy (non-hydrogen) atoms. The summed E-state index contributed by atoms with van der Waals surface area (Å²) in [7, 11) is 0. The van der Waals surface area contributed by atoms with Crippen molar-refractivity contribution in [2.75, 3.05) is 0 Å². The predicted molar refractivity (Wildman–Crippen MR) is 49.4 cm³/mol. The van der Waals surface area contributed by atoms with Crippen molar-refractivity contribution >= 4 is 5.97 Å². The smallest absolute Gasteiger partial charge is 0.266 e. The van der Waals surface area contributed by atoms with E-state index < -0.39 is 5.97 Å². The van der Waals surface area contributed by atoms with Crippen molar-refractivity contribution in [1.29, 1.82) is 0 Å². The van der Waals surface area contributed by atoms with Gasteiger partial charge in [-0.2, -0.15) is 0 Å². The van der Waals surface area contributed by atoms with Crippen LogP contribution in [0.2, 0.25) is 0 Å². The highest BCUT2D eigenvalue weighted by Gasteiger charge is 2.01. The zero-order valence-corrected chi connectivity index (χ0v) is 8.38. The van der Waals surface area contributed by atoms with Crippen molar-refractivity contribution < 1.29 is 14.9 Å². The number of hydrogen-bond donors (Lipinski definition) is 0. The fraction of sp³-hybridized carbons (Fsp3) is 0.900. The first-order valence-corrected chi connectivity index (χ1v) is 5.14. The summed E-state index contributed by atoms with van der Waals surface area (Å²) in [6.45, 7) is 2.18. The second-order valence-corrected chi connectivity index (χ2v) is 3.33. The highest BCUT2D eigenvalue weighted by Crippen LogP contribution is 2.08. The number of carbonyl (C=O) groups excluding carboxylic acids is 1. The van der Waals surface area contributed by atoms with Crippen molar-refractivity contribution in [3.8, 4) is 0 Å². The van der Waals surface area contributed by atoms with Crippen LogP contribution in [0, 0.1) is 0 Å². The molecule has 77 valence electrons. The molecular weight excluding hydrogens is 168 g/mol. The first kappa shape index (κ1) is 12.4. The molecule has 0 rings (SSSR count). The van der Waals surface area contributed by atoms with Crippen LogP contribution in [0.4, 0.5) is 0 Å². The lowest BCUT2D eigenvalue weighted by Crippen LogP contribution is -1.98. The quantitative estimate of drug-likeness (QED) is 0.333. The van der Waals surface area contributed by atoms with Gasteiger partial charge in [0.25, 0.3) is 0 Å². The maximum atomic E-state index is 10.4. The molecule has 0 unspecified atom stereocenters. The Morgan fingerprint density at radius 3 is 2.08 bits per heavy atom. The Kier molecular flexibility index (Phi) is 9.10. The number of unbranched alkanes of at least 4 members (excludes halogenated alkanes) is 6. The Bertz CT molecular complexity index is 123. The summed E-state index contributed by atoms with van der Waals surface area (Å²) in [6, 6.07) is 0. The molecule has 1 radical (unpaired) electrons. The standard InChI is InChI=1S/C10H19O3/c1-2-3-4-5-6-7-8-9-10(11)13-12/h2-9H2,1H3. The monoisotopic (exact) mass is 187 g/mol. The molecule has 0 spiro atoms. The van der Waals surface area contributed by atoms with Gasteiger partial charge in [0.2, 0.25) is 0 Å². The fourth-order valence-corrected chi connectivity index (χ4v) is 1.27. The van der Waals surface area contributed by atoms with Crippen molar-refractivity contribution in [1.82, 2.24) is 0 Å². The lowest BCUT2D eigenvalue weighted by atomic mass is 10.1. The maximum absolute atomic E-state index is 10.4. The maximum Gasteiger partial charge on any atom is 0.345 e. The summed E-state index contributed by atoms with van der Waals surface area (Å²) in [6.07, 6.45) is 8.31. The molecule has 0 aromatic rings. The van der Waals surface area contributed by atoms with E-state index in [-0.39, 0.29) is 6.42 Å². The summed E-state index contributed by atoms with van der Waals surface area (Å²) < 4.78 is 0. The minimum Gasteiger partial charge on any atom is -0.266 e. The normalized spacial score (nSPS) is 10.0. The topological polar surface area (TPSA) is 46.2 Å². The van der Waals surface area contributed by atoms with Crippen LogP contribution in [-0.2, 0) is 14.9 Å². The molecule has 0 amide bonds. The molecule has 0 aliphatic rings. The lowest BCUT2D eigenvalue weighted by molar-refractivity contribution is -0.278. The second kappa shape index (κ2) is 9.52. The number of carbonyl (C=O) groups is 1. The number of rotatable bonds is 8. The minimum absolute atomic E-state index is 0.275. The van der Waals surface area contributed by atoms with Gasteiger partial charge in [0.1, 0.15) is 0 Å². The minimum atomic E-state index is -0.631. The van der Waals surface area contributed by atoms with Crippen LogP contribution in [-0.4, -0.2) is 5.97 Å². The van der Waals surface area contributed by atoms with Crippen LogP contribution in [0.5, 0.6) is 0 Å². The highest BCUT2D eigenvalue weighted by atomic mass is 17.1. The van der Waals surface area contributed by atoms with Gasteiger partial charge < -0.3 is 0 Å². The Balaban J connectivity index is 2.95. The second-order valence-electron chi connectivity index (χ2n) is 3.33. The van der Waals surface area contributed by atoms with Gasteiger partial charge in [-0.1, -0.05) is 45.4 Å². The third-order valence-electron chi connectivity index (χ3n) is 2.08. The molecule has 0 aliphatic heterocycles. The largest absolute Gasteiger partial charge is 0.345 e. The summed E-state index contributed by atoms with van der Waals surface area (Å²) in [5, 5.41) is 9.59. The van der Waals surface area contributed by atoms with Crippen LogP contribution >= 0.6 is 0 Å². The molecule has 0 N–H and O–H groups in total. The van der Waals surface area contributed by atoms with E-state index in [0.29, 0.717) is 0 Å². The fourth-order valence-electron chi connectivity index (χ4n) is 1.27. The number of hydrogen-bond acceptors (Lipinski definition) is 2. The van der Waals surface area contributed by atoms with Crippen molar-refractivity contribution in [3.05, 3.63) is 0 Å². The van der Waals surface area contributed by atoms with Crippen LogP contribution < -0.4 is 0 Å². The molecule has 0 bridgehead atoms. The Morgan fingerprint density at radius 1 is 1.00 bits per heavy atom. The van der Waals surface area contributed by atoms with Gasteiger partial charge in [-0.3, -0.25) is 4.89 Å². The first-order chi connectivity index (χ1) is 6.31. The third-order valence-corrected chi connectivity index (χ3v) is 2.08. The third kappa shape index (κ3) is 9.34. The van der Waals surface area contributed by atoms with E-state index in [1.54, 1.807) is 0 Å². The molecule has 0 atom stereocenters. The Hall–Kier alpha value is -0.570. The van der Waals surface area contributed by atoms with Crippen LogP contribution in [0.3, 0.4) is 0 Å². The van der Waals surface area contributed by atoms with Gasteiger partial charge in [0.15, 0.2) is 0 Å². The molecule has 3 heteroatoms. The molecular formula is C10H19O3. The average molecular weight is 187 g/mol. The van der Waals surface area contributed by atoms with Crippen LogP contribution in [0.1, 0.15) is 58.3 Å². The van der Waals surface area contributed by atoms with Gasteiger partial charge in [-0.25, -0.2) is 4.79 Å². The van der Waals surface area contributed by atoms with E-state index in [4.69, 9.17) is 0 Å². The van der Waals surface area contributed by atoms with Crippen LogP contribution in [0.25, 0.3) is 0 Å². The average Bonchev–Trinajstić information content (AvgIpc) is 2.16. The van der Waals surface area contributed by atoms with Crippen molar-refractivity contribution in [2.45, 2.75) is 58.3 Å². The molecule has 0 saturated carbocycles. The molecule has 0 saturated heterocycles. The van der Waals surface area contributed by atoms with Gasteiger partial charge >= 0.3 is 5.97 Å². The summed E-state index contributed by atoms with van der Waals surface area (Å²) in [5.41, 5.74) is 0. The first-order valence-electron chi connectivity index (χ1n) is 5.14. The zero-order valence-electron chi connectivity index (χ0n) is 8.38. The molecule has 0 aromatic heterocycles. The summed E-state index contributed by atoms with van der Waals surface area (Å²) >= 11 is 0. The summed E-state index contributed by atoms with van der Waals surface area (Å²) in [5.74, 6) is -0.631. The van der Waals surface area contributed by atoms with Gasteiger partial charge in [0.05, 0.1) is 0 Å². The lowest BCUT2D eigenvalue weighted by Gasteiger charge is -1.98. The molecule has 0 heterocycles. The van der Waals surface area contributed by atoms with E-state index in [0.717, 1.165) is 19.3 Å². The molecule has 0 aliphatic carbocycles. The molecule has 0 aromatic carbocycles. The van der Waals surface area contributed by atoms with E-state index in [1.807, 2.05) is 0 Å². The van der Waals surface area contributed by atoms with Gasteiger partial charge in [-0.05, 0) is 6.42 Å². The molecule has 0 fully saturated rings. The van der Waals surface area contributed by atoms with E-state index in [9.17, 15) is 10.1 Å². The van der Waals surface area contributed by atoms with E-state index in [1.165, 1.54) is 25.7 Å². The molecule has 3 nitrogen and oxygen atoms in total. The van der Waals surface area contributed by atoms with Gasteiger partial charge in [-0.15, -0.1) is 0 Å². The van der Waals surface area contributed by atoms with Crippen molar-refractivity contribution in [3.63, 3.8) is 0 Å². The van der Waals surface area contributed by atoms with Crippen molar-refractivity contribution in [2.24, 2.45) is 0 Å². The zero-order chi connectivity index (χ0) is 9.94. The van der Waals surface area contributed by atoms with Crippen LogP contribution in [0.15, 0.2) is 0 Å². The SMILES string of the molecule is CCCCCCCCCC(=O)O[O]. The van der Waals surface area contributed by atoms with Gasteiger partial charge in [0, 0.05) is 11.7 Å². The highest BCUT2D eigenvalue weighted by molar-refractivity contribution is 5.68. The summed E-state index contributed by atoms with van der Waals surface area (Å²) in [4.78, 5) is 13.7.